The van der Waals surface area contributed by atoms with Crippen molar-refractivity contribution in [3.63, 3.8) is 0 Å². The number of nitrogens with one attached hydrogen (secondary N) is 1. The highest BCUT2D eigenvalue weighted by atomic mass is 16.7. The van der Waals surface area contributed by atoms with E-state index in [4.69, 9.17) is 9.47 Å². The normalized spacial score (nSPS) is 21.3. The van der Waals surface area contributed by atoms with Crippen molar-refractivity contribution in [2.24, 2.45) is 0 Å². The highest BCUT2D eigenvalue weighted by molar-refractivity contribution is 5.80. The predicted octanol–water partition coefficient (Wildman–Crippen LogP) is 9.95. The summed E-state index contributed by atoms with van der Waals surface area (Å²) >= 11 is 0. The van der Waals surface area contributed by atoms with Gasteiger partial charge in [0.15, 0.2) is 6.29 Å². The number of hydrogen-bond acceptors (Lipinski definition) is 10. The fraction of sp³-hybridized carbons (Fsp3) is 0.868. The molecule has 9 atom stereocenters. The minimum atomic E-state index is -1.67. The van der Waals surface area contributed by atoms with Crippen LogP contribution in [0.3, 0.4) is 0 Å². The second-order valence-corrected chi connectivity index (χ2v) is 18.6. The average molecular weight is 910 g/mol. The maximum absolute atomic E-state index is 13.0. The number of unbranched alkanes of at least 4 members (excludes halogenated alkanes) is 26. The van der Waals surface area contributed by atoms with Gasteiger partial charge in [0.05, 0.1) is 25.4 Å². The summed E-state index contributed by atoms with van der Waals surface area (Å²) in [6, 6.07) is -1.19. The van der Waals surface area contributed by atoms with Crippen molar-refractivity contribution >= 4 is 5.91 Å². The molecule has 0 bridgehead atoms. The Morgan fingerprint density at radius 2 is 0.938 bits per heavy atom. The van der Waals surface area contributed by atoms with Gasteiger partial charge in [-0.1, -0.05) is 198 Å². The minimum Gasteiger partial charge on any atom is -0.394 e. The molecule has 1 rings (SSSR count). The molecule has 64 heavy (non-hydrogen) atoms. The number of amides is 1. The van der Waals surface area contributed by atoms with Crippen molar-refractivity contribution in [1.29, 1.82) is 0 Å². The second kappa shape index (κ2) is 42.7. The third-order valence-corrected chi connectivity index (χ3v) is 12.7. The first-order chi connectivity index (χ1) is 31.2. The van der Waals surface area contributed by atoms with Crippen LogP contribution in [-0.2, 0) is 14.3 Å². The average Bonchev–Trinajstić information content (AvgIpc) is 3.29. The Morgan fingerprint density at radius 3 is 1.39 bits per heavy atom. The number of hydrogen-bond donors (Lipinski definition) is 8. The van der Waals surface area contributed by atoms with E-state index in [0.717, 1.165) is 44.9 Å². The van der Waals surface area contributed by atoms with E-state index in [9.17, 15) is 40.5 Å². The first-order valence-corrected chi connectivity index (χ1v) is 26.4. The summed E-state index contributed by atoms with van der Waals surface area (Å²) in [5.41, 5.74) is 0. The number of rotatable bonds is 44. The van der Waals surface area contributed by atoms with Crippen molar-refractivity contribution in [2.75, 3.05) is 13.2 Å². The molecule has 0 aromatic rings. The smallest absolute Gasteiger partial charge is 0.249 e. The van der Waals surface area contributed by atoms with Gasteiger partial charge in [0.25, 0.3) is 0 Å². The summed E-state index contributed by atoms with van der Waals surface area (Å²) < 4.78 is 11.1. The lowest BCUT2D eigenvalue weighted by Crippen LogP contribution is -2.60. The van der Waals surface area contributed by atoms with Gasteiger partial charge in [0, 0.05) is 0 Å². The number of aliphatic hydroxyl groups excluding tert-OH is 7. The summed E-state index contributed by atoms with van der Waals surface area (Å²) in [5, 5.41) is 75.5. The zero-order valence-corrected chi connectivity index (χ0v) is 40.8. The monoisotopic (exact) mass is 910 g/mol. The Bertz CT molecular complexity index is 1130. The van der Waals surface area contributed by atoms with Crippen LogP contribution in [0.5, 0.6) is 0 Å². The lowest BCUT2D eigenvalue weighted by atomic mass is 9.98. The van der Waals surface area contributed by atoms with Crippen LogP contribution in [0.25, 0.3) is 0 Å². The van der Waals surface area contributed by atoms with Crippen molar-refractivity contribution in [2.45, 2.75) is 281 Å². The number of carbonyl (C=O) groups excluding carboxylic acids is 1. The van der Waals surface area contributed by atoms with Gasteiger partial charge in [-0.2, -0.15) is 0 Å². The van der Waals surface area contributed by atoms with Gasteiger partial charge in [-0.05, 0) is 64.2 Å². The molecule has 1 fully saturated rings. The lowest BCUT2D eigenvalue weighted by Gasteiger charge is -2.40. The van der Waals surface area contributed by atoms with Gasteiger partial charge in [0.2, 0.25) is 5.91 Å². The fourth-order valence-electron chi connectivity index (χ4n) is 8.30. The topological polar surface area (TPSA) is 189 Å². The van der Waals surface area contributed by atoms with Crippen molar-refractivity contribution < 1.29 is 50.0 Å². The molecule has 0 aliphatic carbocycles. The Kier molecular flexibility index (Phi) is 40.2. The quantitative estimate of drug-likeness (QED) is 0.0216. The molecule has 1 amide bonds. The molecule has 11 nitrogen and oxygen atoms in total. The van der Waals surface area contributed by atoms with Gasteiger partial charge >= 0.3 is 0 Å². The van der Waals surface area contributed by atoms with Gasteiger partial charge in [-0.15, -0.1) is 0 Å². The highest BCUT2D eigenvalue weighted by Gasteiger charge is 2.44. The van der Waals surface area contributed by atoms with Gasteiger partial charge < -0.3 is 50.5 Å². The van der Waals surface area contributed by atoms with Crippen LogP contribution in [0.15, 0.2) is 36.5 Å². The molecular weight excluding hydrogens is 811 g/mol. The van der Waals surface area contributed by atoms with Gasteiger partial charge in [0.1, 0.15) is 36.6 Å². The number of allylic oxidation sites excluding steroid dienone is 6. The molecule has 1 aliphatic rings. The molecule has 1 aliphatic heterocycles. The van der Waals surface area contributed by atoms with Crippen LogP contribution in [0.2, 0.25) is 0 Å². The molecule has 1 saturated heterocycles. The predicted molar refractivity (Wildman–Crippen MR) is 261 cm³/mol. The molecule has 1 heterocycles. The van der Waals surface area contributed by atoms with E-state index in [1.54, 1.807) is 0 Å². The lowest BCUT2D eigenvalue weighted by molar-refractivity contribution is -0.303. The maximum Gasteiger partial charge on any atom is 0.249 e. The Labute approximate surface area is 390 Å². The van der Waals surface area contributed by atoms with E-state index in [0.29, 0.717) is 19.3 Å². The zero-order chi connectivity index (χ0) is 46.9. The molecule has 11 heteroatoms. The van der Waals surface area contributed by atoms with E-state index in [-0.39, 0.29) is 12.8 Å². The van der Waals surface area contributed by atoms with E-state index < -0.39 is 74.2 Å². The molecule has 8 N–H and O–H groups in total. The summed E-state index contributed by atoms with van der Waals surface area (Å²) in [6.07, 6.45) is 39.6. The minimum absolute atomic E-state index is 0.242. The number of ether oxygens (including phenoxy) is 2. The molecule has 0 radical (unpaired) electrons. The summed E-state index contributed by atoms with van der Waals surface area (Å²) in [4.78, 5) is 13.0. The molecular formula is C53H99NO10. The molecule has 0 aromatic heterocycles. The van der Waals surface area contributed by atoms with Crippen LogP contribution in [0, 0.1) is 0 Å². The van der Waals surface area contributed by atoms with E-state index in [1.807, 2.05) is 0 Å². The Hall–Kier alpha value is -1.67. The second-order valence-electron chi connectivity index (χ2n) is 18.6. The van der Waals surface area contributed by atoms with Crippen LogP contribution < -0.4 is 5.32 Å². The van der Waals surface area contributed by atoms with Crippen molar-refractivity contribution in [3.8, 4) is 0 Å². The molecule has 0 spiro atoms. The SMILES string of the molecule is CCCCCCCCCCCCCCCCCC/C=C/CC/C=C/CC/C=C/CCCC(O)C(O)C(COC1OC(CO)C(O)C(O)C1O)NC(=O)C(O)CCCCCCCCCC. The largest absolute Gasteiger partial charge is 0.394 e. The third-order valence-electron chi connectivity index (χ3n) is 12.7. The Balaban J connectivity index is 2.29. The van der Waals surface area contributed by atoms with Crippen LogP contribution >= 0.6 is 0 Å². The van der Waals surface area contributed by atoms with E-state index >= 15 is 0 Å². The number of aliphatic hydroxyl groups is 7. The molecule has 0 saturated carbocycles. The maximum atomic E-state index is 13.0. The molecule has 376 valence electrons. The fourth-order valence-corrected chi connectivity index (χ4v) is 8.30. The van der Waals surface area contributed by atoms with Crippen LogP contribution in [0.4, 0.5) is 0 Å². The summed E-state index contributed by atoms with van der Waals surface area (Å²) in [5.74, 6) is -0.717. The van der Waals surface area contributed by atoms with Crippen molar-refractivity contribution in [3.05, 3.63) is 36.5 Å². The molecule has 9 unspecified atom stereocenters. The van der Waals surface area contributed by atoms with Crippen LogP contribution in [-0.4, -0.2) is 110 Å². The zero-order valence-electron chi connectivity index (χ0n) is 40.8. The summed E-state index contributed by atoms with van der Waals surface area (Å²) in [6.45, 7) is 3.38. The number of carbonyl (C=O) groups is 1. The third kappa shape index (κ3) is 31.3. The van der Waals surface area contributed by atoms with Gasteiger partial charge in [-0.25, -0.2) is 0 Å². The van der Waals surface area contributed by atoms with E-state index in [2.05, 4.69) is 55.6 Å². The first-order valence-electron chi connectivity index (χ1n) is 26.4. The highest BCUT2D eigenvalue weighted by Crippen LogP contribution is 2.23. The molecule has 0 aromatic carbocycles. The summed E-state index contributed by atoms with van der Waals surface area (Å²) in [7, 11) is 0. The van der Waals surface area contributed by atoms with Gasteiger partial charge in [-0.3, -0.25) is 4.79 Å². The van der Waals surface area contributed by atoms with Crippen LogP contribution in [0.1, 0.15) is 226 Å². The Morgan fingerprint density at radius 1 is 0.531 bits per heavy atom. The van der Waals surface area contributed by atoms with Crippen molar-refractivity contribution in [1.82, 2.24) is 5.32 Å². The van der Waals surface area contributed by atoms with E-state index in [1.165, 1.54) is 135 Å². The first kappa shape index (κ1) is 60.3. The standard InChI is InChI=1S/C53H99NO10/c1-3-5-7-9-11-13-14-15-16-17-18-19-20-21-22-23-24-25-26-27-28-29-30-31-32-33-35-36-38-40-45(56)48(58)44(43-63-53-51(61)50(60)49(59)47(42-55)64-53)54-52(62)46(57)41-39-37-34-12-10-8-6-4-2/h25-26,29-30,33,35,44-51,53,55-61H,3-24,27-28,31-32,34,36-43H2,1-2H3,(H,54,62)/b26-25+,30-29+,35-33+.